The van der Waals surface area contributed by atoms with Crippen LogP contribution in [0.15, 0.2) is 42.5 Å². The largest absolute Gasteiger partial charge is 0.492 e. The third-order valence-corrected chi connectivity index (χ3v) is 3.67. The number of rotatable bonds is 7. The molecule has 2 aromatic carbocycles. The molecular formula is C18H25ClN2O2. The summed E-state index contributed by atoms with van der Waals surface area (Å²) in [4.78, 5) is 11.9. The van der Waals surface area contributed by atoms with Crippen LogP contribution >= 0.6 is 12.4 Å². The average molecular weight is 337 g/mol. The highest BCUT2D eigenvalue weighted by molar-refractivity contribution is 5.86. The Morgan fingerprint density at radius 3 is 2.61 bits per heavy atom. The fraction of sp³-hybridized carbons (Fsp3) is 0.389. The van der Waals surface area contributed by atoms with Gasteiger partial charge in [0.05, 0.1) is 12.1 Å². The summed E-state index contributed by atoms with van der Waals surface area (Å²) in [6.45, 7) is 4.64. The molecule has 5 heteroatoms. The topological polar surface area (TPSA) is 64.4 Å². The van der Waals surface area contributed by atoms with E-state index in [0.717, 1.165) is 17.6 Å². The molecule has 4 nitrogen and oxygen atoms in total. The minimum absolute atomic E-state index is 0. The van der Waals surface area contributed by atoms with Gasteiger partial charge in [0.15, 0.2) is 0 Å². The SMILES string of the molecule is CCCC(C)(N)C(=O)NCCOc1ccc2ccccc2c1.Cl. The number of hydrogen-bond acceptors (Lipinski definition) is 3. The van der Waals surface area contributed by atoms with Crippen molar-refractivity contribution in [3.63, 3.8) is 0 Å². The van der Waals surface area contributed by atoms with E-state index in [9.17, 15) is 4.79 Å². The fourth-order valence-electron chi connectivity index (χ4n) is 2.43. The molecule has 0 saturated carbocycles. The molecule has 23 heavy (non-hydrogen) atoms. The van der Waals surface area contributed by atoms with E-state index in [1.165, 1.54) is 5.39 Å². The molecule has 0 heterocycles. The molecule has 2 aromatic rings. The van der Waals surface area contributed by atoms with E-state index in [1.54, 1.807) is 6.92 Å². The first-order chi connectivity index (χ1) is 10.5. The average Bonchev–Trinajstić information content (AvgIpc) is 2.51. The molecule has 2 rings (SSSR count). The molecule has 0 bridgehead atoms. The van der Waals surface area contributed by atoms with Gasteiger partial charge in [-0.15, -0.1) is 12.4 Å². The first kappa shape index (κ1) is 19.3. The Morgan fingerprint density at radius 2 is 1.91 bits per heavy atom. The summed E-state index contributed by atoms with van der Waals surface area (Å²) >= 11 is 0. The second kappa shape index (κ2) is 8.75. The maximum Gasteiger partial charge on any atom is 0.239 e. The second-order valence-electron chi connectivity index (χ2n) is 5.78. The summed E-state index contributed by atoms with van der Waals surface area (Å²) in [6.07, 6.45) is 1.55. The monoisotopic (exact) mass is 336 g/mol. The Hall–Kier alpha value is -1.78. The zero-order valence-corrected chi connectivity index (χ0v) is 14.5. The zero-order chi connectivity index (χ0) is 16.0. The van der Waals surface area contributed by atoms with Gasteiger partial charge in [-0.3, -0.25) is 4.79 Å². The number of fused-ring (bicyclic) bond motifs is 1. The molecule has 1 unspecified atom stereocenters. The van der Waals surface area contributed by atoms with Crippen LogP contribution in [-0.2, 0) is 4.79 Å². The van der Waals surface area contributed by atoms with Crippen LogP contribution in [0.3, 0.4) is 0 Å². The third kappa shape index (κ3) is 5.41. The van der Waals surface area contributed by atoms with E-state index < -0.39 is 5.54 Å². The highest BCUT2D eigenvalue weighted by atomic mass is 35.5. The molecule has 126 valence electrons. The summed E-state index contributed by atoms with van der Waals surface area (Å²) < 4.78 is 5.68. The van der Waals surface area contributed by atoms with E-state index in [2.05, 4.69) is 17.4 Å². The summed E-state index contributed by atoms with van der Waals surface area (Å²) in [6, 6.07) is 14.1. The lowest BCUT2D eigenvalue weighted by molar-refractivity contribution is -0.126. The van der Waals surface area contributed by atoms with Gasteiger partial charge in [-0.1, -0.05) is 43.7 Å². The number of carbonyl (C=O) groups is 1. The van der Waals surface area contributed by atoms with E-state index in [-0.39, 0.29) is 18.3 Å². The van der Waals surface area contributed by atoms with E-state index in [1.807, 2.05) is 37.3 Å². The molecule has 0 aliphatic rings. The van der Waals surface area contributed by atoms with Gasteiger partial charge in [0.25, 0.3) is 0 Å². The third-order valence-electron chi connectivity index (χ3n) is 3.67. The van der Waals surface area contributed by atoms with Gasteiger partial charge in [0.2, 0.25) is 5.91 Å². The number of nitrogens with two attached hydrogens (primary N) is 1. The van der Waals surface area contributed by atoms with Crippen molar-refractivity contribution in [1.29, 1.82) is 0 Å². The molecule has 0 aliphatic carbocycles. The van der Waals surface area contributed by atoms with Crippen molar-refractivity contribution >= 4 is 29.1 Å². The second-order valence-corrected chi connectivity index (χ2v) is 5.78. The van der Waals surface area contributed by atoms with Crippen LogP contribution in [0.4, 0.5) is 0 Å². The standard InChI is InChI=1S/C18H24N2O2.ClH/c1-3-10-18(2,19)17(21)20-11-12-22-16-9-8-14-6-4-5-7-15(14)13-16;/h4-9,13H,3,10-12,19H2,1-2H3,(H,20,21);1H. The van der Waals surface area contributed by atoms with Crippen LogP contribution in [0.25, 0.3) is 10.8 Å². The van der Waals surface area contributed by atoms with Gasteiger partial charge in [-0.2, -0.15) is 0 Å². The van der Waals surface area contributed by atoms with Crippen molar-refractivity contribution in [2.45, 2.75) is 32.2 Å². The lowest BCUT2D eigenvalue weighted by Gasteiger charge is -2.22. The molecule has 1 amide bonds. The number of amides is 1. The predicted molar refractivity (Wildman–Crippen MR) is 97.2 cm³/mol. The van der Waals surface area contributed by atoms with Crippen molar-refractivity contribution in [3.05, 3.63) is 42.5 Å². The Kier molecular flexibility index (Phi) is 7.33. The van der Waals surface area contributed by atoms with Crippen LogP contribution in [-0.4, -0.2) is 24.6 Å². The molecule has 0 fully saturated rings. The van der Waals surface area contributed by atoms with Gasteiger partial charge >= 0.3 is 0 Å². The summed E-state index contributed by atoms with van der Waals surface area (Å²) in [5.74, 6) is 0.675. The number of carbonyl (C=O) groups excluding carboxylic acids is 1. The highest BCUT2D eigenvalue weighted by Crippen LogP contribution is 2.20. The Labute approximate surface area is 143 Å². The van der Waals surface area contributed by atoms with E-state index in [4.69, 9.17) is 10.5 Å². The fourth-order valence-corrected chi connectivity index (χ4v) is 2.43. The first-order valence-electron chi connectivity index (χ1n) is 7.72. The van der Waals surface area contributed by atoms with E-state index in [0.29, 0.717) is 19.6 Å². The Bertz CT molecular complexity index is 644. The summed E-state index contributed by atoms with van der Waals surface area (Å²) in [5.41, 5.74) is 5.17. The maximum atomic E-state index is 11.9. The normalized spacial score (nSPS) is 13.0. The maximum absolute atomic E-state index is 11.9. The van der Waals surface area contributed by atoms with Crippen molar-refractivity contribution in [2.24, 2.45) is 5.73 Å². The van der Waals surface area contributed by atoms with Gasteiger partial charge < -0.3 is 15.8 Å². The summed E-state index contributed by atoms with van der Waals surface area (Å²) in [5, 5.41) is 5.15. The molecule has 0 saturated heterocycles. The first-order valence-corrected chi connectivity index (χ1v) is 7.72. The van der Waals surface area contributed by atoms with E-state index >= 15 is 0 Å². The quantitative estimate of drug-likeness (QED) is 0.763. The minimum Gasteiger partial charge on any atom is -0.492 e. The molecule has 3 N–H and O–H groups in total. The van der Waals surface area contributed by atoms with Gasteiger partial charge in [0, 0.05) is 0 Å². The molecule has 0 radical (unpaired) electrons. The zero-order valence-electron chi connectivity index (χ0n) is 13.7. The smallest absolute Gasteiger partial charge is 0.239 e. The number of halogens is 1. The van der Waals surface area contributed by atoms with Crippen molar-refractivity contribution in [1.82, 2.24) is 5.32 Å². The molecular weight excluding hydrogens is 312 g/mol. The molecule has 1 atom stereocenters. The van der Waals surface area contributed by atoms with Crippen LogP contribution in [0, 0.1) is 0 Å². The van der Waals surface area contributed by atoms with Crippen molar-refractivity contribution < 1.29 is 9.53 Å². The Morgan fingerprint density at radius 1 is 1.22 bits per heavy atom. The van der Waals surface area contributed by atoms with Crippen LogP contribution in [0.1, 0.15) is 26.7 Å². The number of hydrogen-bond donors (Lipinski definition) is 2. The van der Waals surface area contributed by atoms with Crippen LogP contribution in [0.5, 0.6) is 5.75 Å². The molecule has 0 aromatic heterocycles. The number of benzene rings is 2. The highest BCUT2D eigenvalue weighted by Gasteiger charge is 2.26. The van der Waals surface area contributed by atoms with Crippen LogP contribution in [0.2, 0.25) is 0 Å². The molecule has 0 spiro atoms. The van der Waals surface area contributed by atoms with Gasteiger partial charge in [-0.25, -0.2) is 0 Å². The lowest BCUT2D eigenvalue weighted by Crippen LogP contribution is -2.52. The lowest BCUT2D eigenvalue weighted by atomic mass is 9.97. The van der Waals surface area contributed by atoms with Gasteiger partial charge in [-0.05, 0) is 36.2 Å². The Balaban J connectivity index is 0.00000264. The van der Waals surface area contributed by atoms with Crippen molar-refractivity contribution in [2.75, 3.05) is 13.2 Å². The number of nitrogens with one attached hydrogen (secondary N) is 1. The van der Waals surface area contributed by atoms with Gasteiger partial charge in [0.1, 0.15) is 12.4 Å². The predicted octanol–water partition coefficient (Wildman–Crippen LogP) is 3.27. The van der Waals surface area contributed by atoms with Crippen LogP contribution < -0.4 is 15.8 Å². The summed E-state index contributed by atoms with van der Waals surface area (Å²) in [7, 11) is 0. The van der Waals surface area contributed by atoms with Crippen molar-refractivity contribution in [3.8, 4) is 5.75 Å². The number of ether oxygens (including phenoxy) is 1. The minimum atomic E-state index is -0.808. The molecule has 0 aliphatic heterocycles.